The summed E-state index contributed by atoms with van der Waals surface area (Å²) >= 11 is 5.18. The lowest BCUT2D eigenvalue weighted by atomic mass is 10.3. The normalized spacial score (nSPS) is 9.62. The predicted octanol–water partition coefficient (Wildman–Crippen LogP) is 2.15. The van der Waals surface area contributed by atoms with Gasteiger partial charge in [0.2, 0.25) is 0 Å². The smallest absolute Gasteiger partial charge is 0.108 e. The Labute approximate surface area is 84.4 Å². The van der Waals surface area contributed by atoms with E-state index >= 15 is 0 Å². The van der Waals surface area contributed by atoms with E-state index in [1.54, 1.807) is 12.4 Å². The van der Waals surface area contributed by atoms with Gasteiger partial charge in [-0.3, -0.25) is 4.98 Å². The van der Waals surface area contributed by atoms with Crippen LogP contribution in [-0.4, -0.2) is 16.5 Å². The molecule has 70 valence electrons. The number of aromatic nitrogens is 1. The van der Waals surface area contributed by atoms with Crippen molar-refractivity contribution in [2.45, 2.75) is 19.8 Å². The van der Waals surface area contributed by atoms with Gasteiger partial charge in [-0.2, -0.15) is 0 Å². The van der Waals surface area contributed by atoms with Crippen molar-refractivity contribution >= 4 is 17.2 Å². The average Bonchev–Trinajstić information content (AvgIpc) is 2.19. The molecule has 0 aliphatic carbocycles. The molecule has 0 aliphatic rings. The van der Waals surface area contributed by atoms with Crippen LogP contribution in [0.5, 0.6) is 0 Å². The van der Waals surface area contributed by atoms with Gasteiger partial charge in [0.05, 0.1) is 0 Å². The van der Waals surface area contributed by atoms with Gasteiger partial charge in [0.15, 0.2) is 0 Å². The van der Waals surface area contributed by atoms with Gasteiger partial charge in [-0.1, -0.05) is 25.6 Å². The van der Waals surface area contributed by atoms with Gasteiger partial charge in [0.1, 0.15) is 4.99 Å². The molecule has 0 saturated carbocycles. The lowest BCUT2D eigenvalue weighted by molar-refractivity contribution is 0.759. The summed E-state index contributed by atoms with van der Waals surface area (Å²) in [6.07, 6.45) is 5.86. The zero-order valence-corrected chi connectivity index (χ0v) is 8.60. The summed E-state index contributed by atoms with van der Waals surface area (Å²) < 4.78 is 0. The van der Waals surface area contributed by atoms with E-state index in [1.807, 2.05) is 12.1 Å². The van der Waals surface area contributed by atoms with E-state index in [-0.39, 0.29) is 0 Å². The van der Waals surface area contributed by atoms with Crippen molar-refractivity contribution in [2.75, 3.05) is 6.54 Å². The van der Waals surface area contributed by atoms with Gasteiger partial charge in [-0.25, -0.2) is 0 Å². The molecule has 1 N–H and O–H groups in total. The van der Waals surface area contributed by atoms with Crippen LogP contribution in [0, 0.1) is 0 Å². The highest BCUT2D eigenvalue weighted by atomic mass is 32.1. The van der Waals surface area contributed by atoms with Gasteiger partial charge >= 0.3 is 0 Å². The minimum absolute atomic E-state index is 0.793. The Morgan fingerprint density at radius 3 is 3.08 bits per heavy atom. The standard InChI is InChI=1S/C10H14N2S/c1-2-3-7-12-10(13)9-5-4-6-11-8-9/h4-6,8H,2-3,7H2,1H3,(H,12,13). The third-order valence-corrected chi connectivity index (χ3v) is 2.12. The third kappa shape index (κ3) is 3.51. The summed E-state index contributed by atoms with van der Waals surface area (Å²) in [7, 11) is 0. The molecule has 0 spiro atoms. The SMILES string of the molecule is CCCCNC(=S)c1cccnc1. The van der Waals surface area contributed by atoms with Gasteiger partial charge < -0.3 is 5.32 Å². The highest BCUT2D eigenvalue weighted by molar-refractivity contribution is 7.80. The summed E-state index contributed by atoms with van der Waals surface area (Å²) in [5.74, 6) is 0. The first kappa shape index (κ1) is 10.1. The molecular weight excluding hydrogens is 180 g/mol. The number of thiocarbonyl (C=S) groups is 1. The van der Waals surface area contributed by atoms with Crippen molar-refractivity contribution < 1.29 is 0 Å². The van der Waals surface area contributed by atoms with Crippen LogP contribution < -0.4 is 5.32 Å². The number of unbranched alkanes of at least 4 members (excludes halogenated alkanes) is 1. The molecule has 1 aromatic heterocycles. The lowest BCUT2D eigenvalue weighted by Gasteiger charge is -2.05. The van der Waals surface area contributed by atoms with Crippen molar-refractivity contribution in [3.8, 4) is 0 Å². The summed E-state index contributed by atoms with van der Waals surface area (Å²) in [6, 6.07) is 3.86. The maximum absolute atomic E-state index is 5.18. The Balaban J connectivity index is 2.40. The molecule has 0 saturated heterocycles. The maximum atomic E-state index is 5.18. The van der Waals surface area contributed by atoms with Crippen LogP contribution in [0.25, 0.3) is 0 Å². The molecule has 1 heterocycles. The summed E-state index contributed by atoms with van der Waals surface area (Å²) in [5, 5.41) is 3.19. The van der Waals surface area contributed by atoms with E-state index in [2.05, 4.69) is 17.2 Å². The fourth-order valence-corrected chi connectivity index (χ4v) is 1.20. The van der Waals surface area contributed by atoms with Gasteiger partial charge in [-0.15, -0.1) is 0 Å². The van der Waals surface area contributed by atoms with Crippen LogP contribution in [-0.2, 0) is 0 Å². The Kier molecular flexibility index (Phi) is 4.40. The average molecular weight is 194 g/mol. The quantitative estimate of drug-likeness (QED) is 0.587. The molecule has 0 aliphatic heterocycles. The molecule has 13 heavy (non-hydrogen) atoms. The molecule has 2 nitrogen and oxygen atoms in total. The topological polar surface area (TPSA) is 24.9 Å². The fraction of sp³-hybridized carbons (Fsp3) is 0.400. The highest BCUT2D eigenvalue weighted by Gasteiger charge is 1.97. The minimum atomic E-state index is 0.793. The summed E-state index contributed by atoms with van der Waals surface area (Å²) in [4.78, 5) is 4.80. The van der Waals surface area contributed by atoms with E-state index in [0.29, 0.717) is 0 Å². The molecule has 0 aromatic carbocycles. The lowest BCUT2D eigenvalue weighted by Crippen LogP contribution is -2.23. The molecule has 0 radical (unpaired) electrons. The van der Waals surface area contributed by atoms with Crippen molar-refractivity contribution in [1.29, 1.82) is 0 Å². The first-order valence-electron chi connectivity index (χ1n) is 4.53. The molecule has 0 unspecified atom stereocenters. The van der Waals surface area contributed by atoms with Gasteiger partial charge in [0, 0.05) is 24.5 Å². The minimum Gasteiger partial charge on any atom is -0.376 e. The predicted molar refractivity (Wildman–Crippen MR) is 58.8 cm³/mol. The van der Waals surface area contributed by atoms with Crippen LogP contribution in [0.1, 0.15) is 25.3 Å². The number of nitrogens with zero attached hydrogens (tertiary/aromatic N) is 1. The number of pyridine rings is 1. The first-order valence-corrected chi connectivity index (χ1v) is 4.93. The second kappa shape index (κ2) is 5.65. The Morgan fingerprint density at radius 2 is 2.46 bits per heavy atom. The van der Waals surface area contributed by atoms with Crippen LogP contribution in [0.4, 0.5) is 0 Å². The second-order valence-electron chi connectivity index (χ2n) is 2.85. The zero-order chi connectivity index (χ0) is 9.52. The maximum Gasteiger partial charge on any atom is 0.108 e. The third-order valence-electron chi connectivity index (χ3n) is 1.74. The van der Waals surface area contributed by atoms with E-state index in [4.69, 9.17) is 12.2 Å². The van der Waals surface area contributed by atoms with Gasteiger partial charge in [0.25, 0.3) is 0 Å². The fourth-order valence-electron chi connectivity index (χ4n) is 0.978. The van der Waals surface area contributed by atoms with Crippen LogP contribution in [0.3, 0.4) is 0 Å². The largest absolute Gasteiger partial charge is 0.376 e. The van der Waals surface area contributed by atoms with E-state index in [9.17, 15) is 0 Å². The van der Waals surface area contributed by atoms with Gasteiger partial charge in [-0.05, 0) is 18.6 Å². The van der Waals surface area contributed by atoms with Crippen LogP contribution >= 0.6 is 12.2 Å². The molecule has 1 aromatic rings. The Hall–Kier alpha value is -0.960. The highest BCUT2D eigenvalue weighted by Crippen LogP contribution is 1.96. The molecule has 0 fully saturated rings. The molecular formula is C10H14N2S. The molecule has 0 bridgehead atoms. The number of hydrogen-bond acceptors (Lipinski definition) is 2. The molecule has 0 atom stereocenters. The van der Waals surface area contributed by atoms with Crippen molar-refractivity contribution in [3.63, 3.8) is 0 Å². The summed E-state index contributed by atoms with van der Waals surface area (Å²) in [6.45, 7) is 3.11. The monoisotopic (exact) mass is 194 g/mol. The van der Waals surface area contributed by atoms with Crippen LogP contribution in [0.15, 0.2) is 24.5 Å². The van der Waals surface area contributed by atoms with E-state index in [1.165, 1.54) is 6.42 Å². The zero-order valence-electron chi connectivity index (χ0n) is 7.79. The van der Waals surface area contributed by atoms with Crippen molar-refractivity contribution in [2.24, 2.45) is 0 Å². The van der Waals surface area contributed by atoms with Crippen molar-refractivity contribution in [3.05, 3.63) is 30.1 Å². The Morgan fingerprint density at radius 1 is 1.62 bits per heavy atom. The van der Waals surface area contributed by atoms with Crippen molar-refractivity contribution in [1.82, 2.24) is 10.3 Å². The Bertz CT molecular complexity index is 259. The first-order chi connectivity index (χ1) is 6.34. The summed E-state index contributed by atoms with van der Waals surface area (Å²) in [5.41, 5.74) is 0.994. The number of hydrogen-bond donors (Lipinski definition) is 1. The van der Waals surface area contributed by atoms with E-state index < -0.39 is 0 Å². The molecule has 3 heteroatoms. The second-order valence-corrected chi connectivity index (χ2v) is 3.26. The van der Waals surface area contributed by atoms with E-state index in [0.717, 1.165) is 23.5 Å². The number of nitrogens with one attached hydrogen (secondary N) is 1. The molecule has 1 rings (SSSR count). The number of rotatable bonds is 4. The molecule has 0 amide bonds. The van der Waals surface area contributed by atoms with Crippen LogP contribution in [0.2, 0.25) is 0 Å².